The molecule has 3 saturated heterocycles. The molecule has 0 spiro atoms. The number of Topliss-reactive ketones (excluding diaryl/α,β-unsaturated/α-hetero) is 1. The summed E-state index contributed by atoms with van der Waals surface area (Å²) in [4.78, 5) is 24.3. The van der Waals surface area contributed by atoms with Crippen molar-refractivity contribution in [3.8, 4) is 0 Å². The zero-order valence-electron chi connectivity index (χ0n) is 16.4. The zero-order valence-corrected chi connectivity index (χ0v) is 16.4. The van der Waals surface area contributed by atoms with E-state index >= 15 is 0 Å². The molecule has 4 fully saturated rings. The SMILES string of the molecule is CC(=O)O[C@H]1[C@@H]2[C@@H]3[C@H](C[C@H]1C)[C@@H](C)CO[C@@]1(C)CCCC(=O)C[C@@H]2O[C@@H]31. The molecule has 0 aromatic rings. The van der Waals surface area contributed by atoms with Crippen LogP contribution in [-0.2, 0) is 23.8 Å². The predicted molar refractivity (Wildman–Crippen MR) is 95.5 cm³/mol. The van der Waals surface area contributed by atoms with Crippen LogP contribution in [0.3, 0.4) is 0 Å². The molecule has 4 rings (SSSR count). The molecule has 0 N–H and O–H groups in total. The van der Waals surface area contributed by atoms with Crippen LogP contribution >= 0.6 is 0 Å². The predicted octanol–water partition coefficient (Wildman–Crippen LogP) is 3.14. The molecule has 0 radical (unpaired) electrons. The number of ether oxygens (including phenoxy) is 3. The van der Waals surface area contributed by atoms with Gasteiger partial charge in [0.1, 0.15) is 11.9 Å². The molecule has 3 heterocycles. The molecule has 146 valence electrons. The highest BCUT2D eigenvalue weighted by atomic mass is 16.6. The highest BCUT2D eigenvalue weighted by molar-refractivity contribution is 5.79. The minimum Gasteiger partial charge on any atom is -0.462 e. The van der Waals surface area contributed by atoms with E-state index in [0.29, 0.717) is 30.6 Å². The molecule has 2 bridgehead atoms. The van der Waals surface area contributed by atoms with Gasteiger partial charge in [-0.1, -0.05) is 13.8 Å². The van der Waals surface area contributed by atoms with E-state index in [4.69, 9.17) is 14.2 Å². The number of esters is 1. The van der Waals surface area contributed by atoms with Crippen molar-refractivity contribution in [1.82, 2.24) is 0 Å². The van der Waals surface area contributed by atoms with Gasteiger partial charge < -0.3 is 14.2 Å². The van der Waals surface area contributed by atoms with E-state index in [2.05, 4.69) is 20.8 Å². The lowest BCUT2D eigenvalue weighted by atomic mass is 9.59. The summed E-state index contributed by atoms with van der Waals surface area (Å²) in [5.41, 5.74) is -0.355. The average Bonchev–Trinajstić information content (AvgIpc) is 2.92. The summed E-state index contributed by atoms with van der Waals surface area (Å²) in [6, 6.07) is 0. The van der Waals surface area contributed by atoms with Crippen LogP contribution in [0.1, 0.15) is 59.8 Å². The van der Waals surface area contributed by atoms with Crippen molar-refractivity contribution in [3.05, 3.63) is 0 Å². The van der Waals surface area contributed by atoms with E-state index in [-0.39, 0.29) is 47.5 Å². The Hall–Kier alpha value is -0.940. The van der Waals surface area contributed by atoms with Gasteiger partial charge in [0, 0.05) is 25.7 Å². The van der Waals surface area contributed by atoms with Crippen LogP contribution in [-0.4, -0.2) is 42.3 Å². The molecule has 0 unspecified atom stereocenters. The Morgan fingerprint density at radius 3 is 2.73 bits per heavy atom. The molecule has 4 aliphatic rings. The van der Waals surface area contributed by atoms with Gasteiger partial charge in [0.25, 0.3) is 0 Å². The summed E-state index contributed by atoms with van der Waals surface area (Å²) in [7, 11) is 0. The van der Waals surface area contributed by atoms with Gasteiger partial charge in [-0.15, -0.1) is 0 Å². The molecule has 5 heteroatoms. The lowest BCUT2D eigenvalue weighted by molar-refractivity contribution is -0.160. The summed E-state index contributed by atoms with van der Waals surface area (Å²) >= 11 is 0. The summed E-state index contributed by atoms with van der Waals surface area (Å²) in [6.07, 6.45) is 3.46. The van der Waals surface area contributed by atoms with Gasteiger partial charge in [-0.3, -0.25) is 9.59 Å². The molecule has 0 aromatic heterocycles. The van der Waals surface area contributed by atoms with E-state index in [9.17, 15) is 9.59 Å². The second kappa shape index (κ2) is 6.59. The third kappa shape index (κ3) is 2.91. The van der Waals surface area contributed by atoms with Gasteiger partial charge in [0.15, 0.2) is 0 Å². The summed E-state index contributed by atoms with van der Waals surface area (Å²) in [5, 5.41) is 0. The number of hydrogen-bond donors (Lipinski definition) is 0. The third-order valence-electron chi connectivity index (χ3n) is 7.49. The fourth-order valence-corrected chi connectivity index (χ4v) is 6.30. The summed E-state index contributed by atoms with van der Waals surface area (Å²) in [6.45, 7) is 8.86. The number of fused-ring (bicyclic) bond motifs is 2. The summed E-state index contributed by atoms with van der Waals surface area (Å²) < 4.78 is 18.9. The lowest BCUT2D eigenvalue weighted by Gasteiger charge is -2.46. The molecule has 5 nitrogen and oxygen atoms in total. The van der Waals surface area contributed by atoms with Crippen molar-refractivity contribution < 1.29 is 23.8 Å². The topological polar surface area (TPSA) is 61.8 Å². The highest BCUT2D eigenvalue weighted by Crippen LogP contribution is 2.57. The summed E-state index contributed by atoms with van der Waals surface area (Å²) in [5.74, 6) is 1.65. The Labute approximate surface area is 156 Å². The molecule has 1 aliphatic carbocycles. The first-order valence-electron chi connectivity index (χ1n) is 10.3. The number of rotatable bonds is 1. The van der Waals surface area contributed by atoms with Gasteiger partial charge in [-0.2, -0.15) is 0 Å². The maximum absolute atomic E-state index is 12.5. The van der Waals surface area contributed by atoms with Gasteiger partial charge in [-0.05, 0) is 49.9 Å². The Morgan fingerprint density at radius 1 is 1.23 bits per heavy atom. The Kier molecular flexibility index (Phi) is 4.67. The van der Waals surface area contributed by atoms with Crippen molar-refractivity contribution in [1.29, 1.82) is 0 Å². The minimum atomic E-state index is -0.355. The van der Waals surface area contributed by atoms with Crippen molar-refractivity contribution in [2.24, 2.45) is 29.6 Å². The molecular weight excluding hydrogens is 332 g/mol. The van der Waals surface area contributed by atoms with Gasteiger partial charge in [0.2, 0.25) is 0 Å². The van der Waals surface area contributed by atoms with Gasteiger partial charge >= 0.3 is 5.97 Å². The van der Waals surface area contributed by atoms with Crippen LogP contribution in [0.25, 0.3) is 0 Å². The number of carbonyl (C=O) groups excluding carboxylic acids is 2. The quantitative estimate of drug-likeness (QED) is 0.669. The molecular formula is C21H32O5. The fraction of sp³-hybridized carbons (Fsp3) is 0.905. The molecule has 3 aliphatic heterocycles. The van der Waals surface area contributed by atoms with Crippen LogP contribution in [0.4, 0.5) is 0 Å². The smallest absolute Gasteiger partial charge is 0.302 e. The van der Waals surface area contributed by atoms with E-state index in [1.54, 1.807) is 0 Å². The normalized spacial score (nSPS) is 51.0. The Morgan fingerprint density at radius 2 is 2.00 bits per heavy atom. The fourth-order valence-electron chi connectivity index (χ4n) is 6.30. The van der Waals surface area contributed by atoms with Crippen LogP contribution in [0.2, 0.25) is 0 Å². The van der Waals surface area contributed by atoms with Gasteiger partial charge in [0.05, 0.1) is 24.4 Å². The van der Waals surface area contributed by atoms with Crippen LogP contribution in [0.5, 0.6) is 0 Å². The first kappa shape index (κ1) is 18.4. The number of hydrogen-bond acceptors (Lipinski definition) is 5. The van der Waals surface area contributed by atoms with Crippen molar-refractivity contribution in [2.75, 3.05) is 6.61 Å². The van der Waals surface area contributed by atoms with Crippen LogP contribution in [0, 0.1) is 29.6 Å². The maximum Gasteiger partial charge on any atom is 0.302 e. The lowest BCUT2D eigenvalue weighted by Crippen LogP contribution is -2.52. The van der Waals surface area contributed by atoms with Crippen LogP contribution < -0.4 is 0 Å². The standard InChI is InChI=1S/C21H32O5/c1-11-8-15-12(2)10-24-21(4)7-5-6-14(23)9-16-18(17(15)20(21)26-16)19(11)25-13(3)22/h11-12,15-20H,5-10H2,1-4H3/t11-,12+,15-,16+,17+,18+,19-,20+,21+/m1/s1. The Bertz CT molecular complexity index is 589. The molecule has 0 amide bonds. The highest BCUT2D eigenvalue weighted by Gasteiger charge is 2.63. The Balaban J connectivity index is 1.78. The number of carbonyl (C=O) groups is 2. The van der Waals surface area contributed by atoms with Gasteiger partial charge in [-0.25, -0.2) is 0 Å². The molecule has 0 aromatic carbocycles. The first-order valence-corrected chi connectivity index (χ1v) is 10.3. The van der Waals surface area contributed by atoms with Crippen molar-refractivity contribution in [3.63, 3.8) is 0 Å². The minimum absolute atomic E-state index is 0.0103. The maximum atomic E-state index is 12.5. The average molecular weight is 364 g/mol. The largest absolute Gasteiger partial charge is 0.462 e. The third-order valence-corrected chi connectivity index (χ3v) is 7.49. The van der Waals surface area contributed by atoms with Crippen LogP contribution in [0.15, 0.2) is 0 Å². The second-order valence-electron chi connectivity index (χ2n) is 9.40. The van der Waals surface area contributed by atoms with Crippen molar-refractivity contribution in [2.45, 2.75) is 83.7 Å². The number of ketones is 1. The van der Waals surface area contributed by atoms with Crippen molar-refractivity contribution >= 4 is 11.8 Å². The zero-order chi connectivity index (χ0) is 18.6. The first-order chi connectivity index (χ1) is 12.3. The molecule has 9 atom stereocenters. The molecule has 1 saturated carbocycles. The van der Waals surface area contributed by atoms with E-state index < -0.39 is 0 Å². The van der Waals surface area contributed by atoms with E-state index in [1.165, 1.54) is 6.92 Å². The molecule has 26 heavy (non-hydrogen) atoms. The van der Waals surface area contributed by atoms with E-state index in [0.717, 1.165) is 25.9 Å². The second-order valence-corrected chi connectivity index (χ2v) is 9.40. The van der Waals surface area contributed by atoms with E-state index in [1.807, 2.05) is 0 Å². The monoisotopic (exact) mass is 364 g/mol.